The molecule has 0 aromatic heterocycles. The number of aromatic hydroxyl groups is 1. The summed E-state index contributed by atoms with van der Waals surface area (Å²) in [7, 11) is 5.25. The Labute approximate surface area is 154 Å². The number of methoxy groups -OCH3 is 2. The SMILES string of the molecule is COC1=C[C@@H]2[C@H]3Cc4ccc(OC)c(O)c4[C@@]2(CCN3C)CC1=O.Cl. The van der Waals surface area contributed by atoms with Crippen LogP contribution >= 0.6 is 12.4 Å². The molecule has 1 fully saturated rings. The monoisotopic (exact) mass is 365 g/mol. The van der Waals surface area contributed by atoms with Crippen LogP contribution in [0, 0.1) is 5.92 Å². The molecule has 1 aromatic rings. The second-order valence-corrected chi connectivity index (χ2v) is 7.17. The Kier molecular flexibility index (Phi) is 4.50. The predicted octanol–water partition coefficient (Wildman–Crippen LogP) is 2.44. The molecule has 0 amide bonds. The Morgan fingerprint density at radius 1 is 1.28 bits per heavy atom. The molecule has 1 aliphatic heterocycles. The Bertz CT molecular complexity index is 747. The quantitative estimate of drug-likeness (QED) is 0.872. The molecular formula is C19H24ClNO4. The van der Waals surface area contributed by atoms with Gasteiger partial charge < -0.3 is 19.5 Å². The maximum Gasteiger partial charge on any atom is 0.197 e. The lowest BCUT2D eigenvalue weighted by Crippen LogP contribution is -2.60. The van der Waals surface area contributed by atoms with Gasteiger partial charge in [-0.15, -0.1) is 12.4 Å². The summed E-state index contributed by atoms with van der Waals surface area (Å²) in [6.07, 6.45) is 4.08. The Balaban J connectivity index is 0.00000182. The summed E-state index contributed by atoms with van der Waals surface area (Å²) in [5, 5.41) is 10.9. The van der Waals surface area contributed by atoms with Crippen LogP contribution in [0.25, 0.3) is 0 Å². The predicted molar refractivity (Wildman–Crippen MR) is 96.5 cm³/mol. The molecule has 3 aliphatic rings. The molecule has 0 unspecified atom stereocenters. The van der Waals surface area contributed by atoms with Gasteiger partial charge in [-0.3, -0.25) is 4.79 Å². The van der Waals surface area contributed by atoms with Gasteiger partial charge in [0.15, 0.2) is 23.0 Å². The Morgan fingerprint density at radius 2 is 2.04 bits per heavy atom. The third-order valence-electron chi connectivity index (χ3n) is 6.21. The number of carbonyl (C=O) groups is 1. The summed E-state index contributed by atoms with van der Waals surface area (Å²) < 4.78 is 10.6. The van der Waals surface area contributed by atoms with Crippen molar-refractivity contribution in [2.45, 2.75) is 30.7 Å². The number of hydrogen-bond acceptors (Lipinski definition) is 5. The fourth-order valence-corrected chi connectivity index (χ4v) is 5.03. The number of piperidine rings is 1. The lowest BCUT2D eigenvalue weighted by atomic mass is 9.53. The zero-order valence-electron chi connectivity index (χ0n) is 14.7. The van der Waals surface area contributed by atoms with E-state index in [2.05, 4.69) is 11.9 Å². The lowest BCUT2D eigenvalue weighted by molar-refractivity contribution is -0.122. The number of carbonyl (C=O) groups excluding carboxylic acids is 1. The van der Waals surface area contributed by atoms with Crippen molar-refractivity contribution in [2.75, 3.05) is 27.8 Å². The standard InChI is InChI=1S/C19H23NO4.ClH/c1-20-7-6-19-10-14(21)16(24-3)9-12(19)13(20)8-11-4-5-15(23-2)18(22)17(11)19;/h4-5,9,12-13,22H,6-8,10H2,1-3H3;1H/t12-,13-,19+;/m1./s1. The molecule has 136 valence electrons. The van der Waals surface area contributed by atoms with Crippen LogP contribution in [-0.4, -0.2) is 49.6 Å². The molecule has 1 N–H and O–H groups in total. The van der Waals surface area contributed by atoms with E-state index in [1.165, 1.54) is 0 Å². The average molecular weight is 366 g/mol. The van der Waals surface area contributed by atoms with Crippen molar-refractivity contribution < 1.29 is 19.4 Å². The number of benzene rings is 1. The summed E-state index contributed by atoms with van der Waals surface area (Å²) in [5.41, 5.74) is 1.68. The highest BCUT2D eigenvalue weighted by Crippen LogP contribution is 2.57. The van der Waals surface area contributed by atoms with Gasteiger partial charge in [0.2, 0.25) is 0 Å². The number of ketones is 1. The first kappa shape index (κ1) is 18.1. The van der Waals surface area contributed by atoms with Crippen LogP contribution in [0.4, 0.5) is 0 Å². The first-order chi connectivity index (χ1) is 11.5. The van der Waals surface area contributed by atoms with Gasteiger partial charge in [0, 0.05) is 29.4 Å². The van der Waals surface area contributed by atoms with Crippen LogP contribution in [0.5, 0.6) is 11.5 Å². The van der Waals surface area contributed by atoms with Crippen molar-refractivity contribution >= 4 is 18.2 Å². The summed E-state index contributed by atoms with van der Waals surface area (Å²) >= 11 is 0. The smallest absolute Gasteiger partial charge is 0.197 e. The van der Waals surface area contributed by atoms with E-state index in [9.17, 15) is 9.90 Å². The number of nitrogens with zero attached hydrogens (tertiary/aromatic N) is 1. The van der Waals surface area contributed by atoms with Crippen molar-refractivity contribution in [1.82, 2.24) is 4.90 Å². The molecular weight excluding hydrogens is 342 g/mol. The molecule has 0 radical (unpaired) electrons. The Morgan fingerprint density at radius 3 is 2.72 bits per heavy atom. The van der Waals surface area contributed by atoms with E-state index in [4.69, 9.17) is 9.47 Å². The van der Waals surface area contributed by atoms with Crippen molar-refractivity contribution in [3.8, 4) is 11.5 Å². The number of halogens is 1. The van der Waals surface area contributed by atoms with E-state index in [1.54, 1.807) is 14.2 Å². The molecule has 1 aromatic carbocycles. The zero-order chi connectivity index (χ0) is 17.1. The molecule has 0 saturated carbocycles. The first-order valence-corrected chi connectivity index (χ1v) is 8.40. The van der Waals surface area contributed by atoms with Crippen LogP contribution in [0.15, 0.2) is 24.0 Å². The summed E-state index contributed by atoms with van der Waals surface area (Å²) in [6.45, 7) is 0.917. The third kappa shape index (κ3) is 2.36. The molecule has 6 heteroatoms. The summed E-state index contributed by atoms with van der Waals surface area (Å²) in [6, 6.07) is 4.18. The van der Waals surface area contributed by atoms with E-state index in [0.29, 0.717) is 24.0 Å². The summed E-state index contributed by atoms with van der Waals surface area (Å²) in [4.78, 5) is 15.0. The minimum absolute atomic E-state index is 0. The first-order valence-electron chi connectivity index (χ1n) is 8.40. The molecule has 1 heterocycles. The van der Waals surface area contributed by atoms with E-state index in [1.807, 2.05) is 18.2 Å². The van der Waals surface area contributed by atoms with Crippen molar-refractivity contribution in [3.63, 3.8) is 0 Å². The van der Waals surface area contributed by atoms with Crippen molar-refractivity contribution in [3.05, 3.63) is 35.1 Å². The lowest BCUT2D eigenvalue weighted by Gasteiger charge is -2.56. The molecule has 0 spiro atoms. The highest BCUT2D eigenvalue weighted by Gasteiger charge is 2.56. The van der Waals surface area contributed by atoms with Gasteiger partial charge in [-0.25, -0.2) is 0 Å². The number of hydrogen-bond donors (Lipinski definition) is 1. The van der Waals surface area contributed by atoms with Crippen LogP contribution < -0.4 is 4.74 Å². The maximum atomic E-state index is 12.6. The normalized spacial score (nSPS) is 30.5. The molecule has 5 nitrogen and oxygen atoms in total. The van der Waals surface area contributed by atoms with E-state index < -0.39 is 0 Å². The molecule has 4 rings (SSSR count). The van der Waals surface area contributed by atoms with E-state index in [0.717, 1.165) is 30.5 Å². The summed E-state index contributed by atoms with van der Waals surface area (Å²) in [5.74, 6) is 1.32. The number of likely N-dealkylation sites (tertiary alicyclic amines) is 1. The highest BCUT2D eigenvalue weighted by molar-refractivity contribution is 5.96. The molecule has 3 atom stereocenters. The minimum Gasteiger partial charge on any atom is -0.504 e. The molecule has 2 aliphatic carbocycles. The van der Waals surface area contributed by atoms with Crippen LogP contribution in [0.3, 0.4) is 0 Å². The number of fused-ring (bicyclic) bond motifs is 1. The fourth-order valence-electron chi connectivity index (χ4n) is 5.03. The van der Waals surface area contributed by atoms with Gasteiger partial charge in [0.05, 0.1) is 14.2 Å². The highest BCUT2D eigenvalue weighted by atomic mass is 35.5. The number of phenols is 1. The number of ether oxygens (including phenoxy) is 2. The third-order valence-corrected chi connectivity index (χ3v) is 6.21. The Hall–Kier alpha value is -1.72. The molecule has 25 heavy (non-hydrogen) atoms. The topological polar surface area (TPSA) is 59.0 Å². The van der Waals surface area contributed by atoms with E-state index in [-0.39, 0.29) is 35.3 Å². The van der Waals surface area contributed by atoms with Crippen LogP contribution in [-0.2, 0) is 21.4 Å². The fraction of sp³-hybridized carbons (Fsp3) is 0.526. The average Bonchev–Trinajstić information content (AvgIpc) is 2.57. The number of phenolic OH excluding ortho intramolecular Hbond substituents is 1. The van der Waals surface area contributed by atoms with Gasteiger partial charge in [-0.2, -0.15) is 0 Å². The van der Waals surface area contributed by atoms with Gasteiger partial charge in [-0.05, 0) is 44.1 Å². The number of Topliss-reactive ketones (excluding diaryl/α,β-unsaturated/α-hetero) is 1. The second-order valence-electron chi connectivity index (χ2n) is 7.17. The van der Waals surface area contributed by atoms with Gasteiger partial charge >= 0.3 is 0 Å². The number of likely N-dealkylation sites (N-methyl/N-ethyl adjacent to an activating group) is 1. The second kappa shape index (κ2) is 6.22. The zero-order valence-corrected chi connectivity index (χ0v) is 15.6. The van der Waals surface area contributed by atoms with Crippen molar-refractivity contribution in [1.29, 1.82) is 0 Å². The maximum absolute atomic E-state index is 12.6. The molecule has 1 saturated heterocycles. The van der Waals surface area contributed by atoms with Crippen LogP contribution in [0.2, 0.25) is 0 Å². The van der Waals surface area contributed by atoms with Crippen molar-refractivity contribution in [2.24, 2.45) is 5.92 Å². The number of allylic oxidation sites excluding steroid dienone is 1. The van der Waals surface area contributed by atoms with Gasteiger partial charge in [-0.1, -0.05) is 6.07 Å². The largest absolute Gasteiger partial charge is 0.504 e. The van der Waals surface area contributed by atoms with E-state index >= 15 is 0 Å². The minimum atomic E-state index is -0.359. The van der Waals surface area contributed by atoms with Crippen LogP contribution in [0.1, 0.15) is 24.0 Å². The number of rotatable bonds is 2. The van der Waals surface area contributed by atoms with Gasteiger partial charge in [0.1, 0.15) is 0 Å². The molecule has 2 bridgehead atoms. The van der Waals surface area contributed by atoms with Gasteiger partial charge in [0.25, 0.3) is 0 Å².